The van der Waals surface area contributed by atoms with Crippen LogP contribution in [0.2, 0.25) is 0 Å². The van der Waals surface area contributed by atoms with Gasteiger partial charge in [-0.05, 0) is 60.9 Å². The standard InChI is InChI=1S/C27H31N3O3/c1-33-21-9-10-24-22(17-21)23(18-28-24)20-11-14-29(15-12-20)27(32)25-8-5-13-30(25)26(31)16-19-6-3-2-4-7-19/h2-4,6-7,9-10,17-18,20,25,28H,5,8,11-16H2,1H3. The Morgan fingerprint density at radius 3 is 2.58 bits per heavy atom. The van der Waals surface area contributed by atoms with Crippen LogP contribution in [0.15, 0.2) is 54.7 Å². The number of aromatic amines is 1. The zero-order valence-corrected chi connectivity index (χ0v) is 19.1. The van der Waals surface area contributed by atoms with E-state index < -0.39 is 0 Å². The molecule has 33 heavy (non-hydrogen) atoms. The number of piperidine rings is 1. The fourth-order valence-corrected chi connectivity index (χ4v) is 5.40. The molecule has 1 unspecified atom stereocenters. The lowest BCUT2D eigenvalue weighted by Gasteiger charge is -2.35. The number of fused-ring (bicyclic) bond motifs is 1. The first-order chi connectivity index (χ1) is 16.1. The lowest BCUT2D eigenvalue weighted by atomic mass is 9.89. The smallest absolute Gasteiger partial charge is 0.245 e. The molecule has 172 valence electrons. The summed E-state index contributed by atoms with van der Waals surface area (Å²) in [6.07, 6.45) is 5.98. The van der Waals surface area contributed by atoms with Gasteiger partial charge in [0.1, 0.15) is 11.8 Å². The van der Waals surface area contributed by atoms with Crippen molar-refractivity contribution < 1.29 is 14.3 Å². The van der Waals surface area contributed by atoms with Crippen LogP contribution < -0.4 is 4.74 Å². The Kier molecular flexibility index (Phi) is 6.07. The number of likely N-dealkylation sites (tertiary alicyclic amines) is 2. The molecule has 2 aliphatic rings. The molecule has 0 radical (unpaired) electrons. The maximum Gasteiger partial charge on any atom is 0.245 e. The summed E-state index contributed by atoms with van der Waals surface area (Å²) >= 11 is 0. The van der Waals surface area contributed by atoms with Gasteiger partial charge in [0.2, 0.25) is 11.8 Å². The van der Waals surface area contributed by atoms with E-state index in [-0.39, 0.29) is 17.9 Å². The predicted molar refractivity (Wildman–Crippen MR) is 128 cm³/mol. The summed E-state index contributed by atoms with van der Waals surface area (Å²) in [6, 6.07) is 15.6. The van der Waals surface area contributed by atoms with E-state index in [2.05, 4.69) is 23.3 Å². The number of amides is 2. The lowest BCUT2D eigenvalue weighted by molar-refractivity contribution is -0.144. The average Bonchev–Trinajstić information content (AvgIpc) is 3.51. The molecule has 6 heteroatoms. The van der Waals surface area contributed by atoms with E-state index in [0.717, 1.165) is 55.6 Å². The Hall–Kier alpha value is -3.28. The summed E-state index contributed by atoms with van der Waals surface area (Å²) in [5, 5.41) is 1.20. The number of carbonyl (C=O) groups excluding carboxylic acids is 2. The van der Waals surface area contributed by atoms with Gasteiger partial charge in [-0.25, -0.2) is 0 Å². The fraction of sp³-hybridized carbons (Fsp3) is 0.407. The van der Waals surface area contributed by atoms with Crippen molar-refractivity contribution in [2.75, 3.05) is 26.7 Å². The van der Waals surface area contributed by atoms with Crippen molar-refractivity contribution in [2.24, 2.45) is 0 Å². The molecule has 0 bridgehead atoms. The van der Waals surface area contributed by atoms with Crippen LogP contribution in [0.3, 0.4) is 0 Å². The van der Waals surface area contributed by atoms with E-state index in [1.807, 2.05) is 46.2 Å². The second-order valence-electron chi connectivity index (χ2n) is 9.16. The highest BCUT2D eigenvalue weighted by Gasteiger charge is 2.37. The van der Waals surface area contributed by atoms with Crippen LogP contribution in [0.25, 0.3) is 10.9 Å². The predicted octanol–water partition coefficient (Wildman–Crippen LogP) is 4.12. The number of rotatable bonds is 5. The Labute approximate surface area is 194 Å². The second kappa shape index (κ2) is 9.30. The van der Waals surface area contributed by atoms with Crippen LogP contribution >= 0.6 is 0 Å². The maximum absolute atomic E-state index is 13.4. The molecule has 0 aliphatic carbocycles. The summed E-state index contributed by atoms with van der Waals surface area (Å²) in [7, 11) is 1.69. The highest BCUT2D eigenvalue weighted by Crippen LogP contribution is 2.35. The Morgan fingerprint density at radius 2 is 1.82 bits per heavy atom. The van der Waals surface area contributed by atoms with Crippen LogP contribution in [0.4, 0.5) is 0 Å². The summed E-state index contributed by atoms with van der Waals surface area (Å²) in [5.41, 5.74) is 3.41. The van der Waals surface area contributed by atoms with Crippen molar-refractivity contribution in [2.45, 2.75) is 44.1 Å². The largest absolute Gasteiger partial charge is 0.497 e. The number of methoxy groups -OCH3 is 1. The molecule has 1 aromatic heterocycles. The summed E-state index contributed by atoms with van der Waals surface area (Å²) in [6.45, 7) is 2.14. The van der Waals surface area contributed by atoms with Gasteiger partial charge in [0.15, 0.2) is 0 Å². The molecule has 2 amide bonds. The third-order valence-corrected chi connectivity index (χ3v) is 7.22. The van der Waals surface area contributed by atoms with Gasteiger partial charge in [-0.1, -0.05) is 30.3 Å². The highest BCUT2D eigenvalue weighted by molar-refractivity contribution is 5.89. The third-order valence-electron chi connectivity index (χ3n) is 7.22. The molecule has 2 aromatic carbocycles. The number of carbonyl (C=O) groups is 2. The lowest BCUT2D eigenvalue weighted by Crippen LogP contribution is -2.50. The number of nitrogens with one attached hydrogen (secondary N) is 1. The van der Waals surface area contributed by atoms with Crippen LogP contribution in [-0.2, 0) is 16.0 Å². The molecular formula is C27H31N3O3. The molecule has 1 atom stereocenters. The molecule has 5 rings (SSSR count). The van der Waals surface area contributed by atoms with Crippen molar-refractivity contribution in [3.63, 3.8) is 0 Å². The minimum absolute atomic E-state index is 0.0553. The van der Waals surface area contributed by atoms with Crippen molar-refractivity contribution in [1.29, 1.82) is 0 Å². The van der Waals surface area contributed by atoms with Crippen LogP contribution in [0.1, 0.15) is 42.7 Å². The Morgan fingerprint density at radius 1 is 1.03 bits per heavy atom. The average molecular weight is 446 g/mol. The van der Waals surface area contributed by atoms with Gasteiger partial charge in [0, 0.05) is 36.7 Å². The molecule has 6 nitrogen and oxygen atoms in total. The molecule has 2 fully saturated rings. The molecule has 2 saturated heterocycles. The minimum Gasteiger partial charge on any atom is -0.497 e. The number of aromatic nitrogens is 1. The molecule has 2 aliphatic heterocycles. The SMILES string of the molecule is COc1ccc2[nH]cc(C3CCN(C(=O)C4CCCN4C(=O)Cc4ccccc4)CC3)c2c1. The van der Waals surface area contributed by atoms with E-state index in [4.69, 9.17) is 4.74 Å². The van der Waals surface area contributed by atoms with Crippen LogP contribution in [0.5, 0.6) is 5.75 Å². The minimum atomic E-state index is -0.310. The van der Waals surface area contributed by atoms with E-state index in [0.29, 0.717) is 18.9 Å². The zero-order chi connectivity index (χ0) is 22.8. The number of nitrogens with zero attached hydrogens (tertiary/aromatic N) is 2. The molecule has 1 N–H and O–H groups in total. The van der Waals surface area contributed by atoms with Crippen molar-refractivity contribution in [3.8, 4) is 5.75 Å². The van der Waals surface area contributed by atoms with Gasteiger partial charge in [-0.3, -0.25) is 9.59 Å². The van der Waals surface area contributed by atoms with Gasteiger partial charge in [-0.2, -0.15) is 0 Å². The zero-order valence-electron chi connectivity index (χ0n) is 19.1. The van der Waals surface area contributed by atoms with Gasteiger partial charge < -0.3 is 19.5 Å². The molecule has 0 saturated carbocycles. The van der Waals surface area contributed by atoms with Gasteiger partial charge >= 0.3 is 0 Å². The molecule has 0 spiro atoms. The Bertz CT molecular complexity index is 1130. The van der Waals surface area contributed by atoms with Crippen molar-refractivity contribution in [3.05, 3.63) is 65.9 Å². The monoisotopic (exact) mass is 445 g/mol. The Balaban J connectivity index is 1.23. The molecular weight excluding hydrogens is 414 g/mol. The third kappa shape index (κ3) is 4.34. The number of benzene rings is 2. The van der Waals surface area contributed by atoms with Gasteiger partial charge in [0.05, 0.1) is 13.5 Å². The molecule has 3 heterocycles. The quantitative estimate of drug-likeness (QED) is 0.643. The second-order valence-corrected chi connectivity index (χ2v) is 9.16. The first kappa shape index (κ1) is 21.6. The van der Waals surface area contributed by atoms with Crippen LogP contribution in [0, 0.1) is 0 Å². The summed E-state index contributed by atoms with van der Waals surface area (Å²) in [5.74, 6) is 1.44. The number of H-pyrrole nitrogens is 1. The number of hydrogen-bond acceptors (Lipinski definition) is 3. The van der Waals surface area contributed by atoms with E-state index in [1.165, 1.54) is 10.9 Å². The van der Waals surface area contributed by atoms with E-state index in [1.54, 1.807) is 7.11 Å². The topological polar surface area (TPSA) is 65.6 Å². The van der Waals surface area contributed by atoms with Gasteiger partial charge in [0.25, 0.3) is 0 Å². The fourth-order valence-electron chi connectivity index (χ4n) is 5.40. The number of ether oxygens (including phenoxy) is 1. The summed E-state index contributed by atoms with van der Waals surface area (Å²) in [4.78, 5) is 33.5. The maximum atomic E-state index is 13.4. The van der Waals surface area contributed by atoms with Gasteiger partial charge in [-0.15, -0.1) is 0 Å². The first-order valence-corrected chi connectivity index (χ1v) is 11.9. The van der Waals surface area contributed by atoms with Crippen molar-refractivity contribution in [1.82, 2.24) is 14.8 Å². The highest BCUT2D eigenvalue weighted by atomic mass is 16.5. The van der Waals surface area contributed by atoms with Crippen LogP contribution in [-0.4, -0.2) is 59.4 Å². The van der Waals surface area contributed by atoms with E-state index in [9.17, 15) is 9.59 Å². The molecule has 3 aromatic rings. The first-order valence-electron chi connectivity index (χ1n) is 11.9. The van der Waals surface area contributed by atoms with Crippen molar-refractivity contribution >= 4 is 22.7 Å². The summed E-state index contributed by atoms with van der Waals surface area (Å²) < 4.78 is 5.41. The number of hydrogen-bond donors (Lipinski definition) is 1. The normalized spacial score (nSPS) is 19.2. The van der Waals surface area contributed by atoms with E-state index >= 15 is 0 Å².